The van der Waals surface area contributed by atoms with Gasteiger partial charge in [-0.05, 0) is 55.3 Å². The molecule has 0 saturated carbocycles. The van der Waals surface area contributed by atoms with Crippen LogP contribution in [0.5, 0.6) is 5.75 Å². The second-order valence-electron chi connectivity index (χ2n) is 7.27. The summed E-state index contributed by atoms with van der Waals surface area (Å²) in [6, 6.07) is 14.3. The van der Waals surface area contributed by atoms with Crippen molar-refractivity contribution in [1.82, 2.24) is 5.32 Å². The maximum absolute atomic E-state index is 13.0. The van der Waals surface area contributed by atoms with Crippen molar-refractivity contribution >= 4 is 29.6 Å². The van der Waals surface area contributed by atoms with E-state index in [-0.39, 0.29) is 17.8 Å². The van der Waals surface area contributed by atoms with Crippen LogP contribution in [0.1, 0.15) is 30.9 Å². The summed E-state index contributed by atoms with van der Waals surface area (Å²) in [6.45, 7) is 3.42. The molecule has 1 atom stereocenters. The molecular formula is C25H24ClNO5. The normalized spacial score (nSPS) is 16.2. The first-order valence-electron chi connectivity index (χ1n) is 9.97. The number of carboxylic acid groups (broad SMARTS) is 1. The zero-order chi connectivity index (χ0) is 23.3. The SMILES string of the molecule is COc1cccc(C=CCOC(=O)C2=C(C)NC(C)=C(C(=O)O)C2c2cccc(Cl)c2)c1. The third kappa shape index (κ3) is 5.21. The fourth-order valence-corrected chi connectivity index (χ4v) is 3.90. The van der Waals surface area contributed by atoms with E-state index in [9.17, 15) is 14.7 Å². The van der Waals surface area contributed by atoms with E-state index in [1.165, 1.54) is 0 Å². The van der Waals surface area contributed by atoms with Gasteiger partial charge >= 0.3 is 11.9 Å². The van der Waals surface area contributed by atoms with Gasteiger partial charge in [-0.2, -0.15) is 0 Å². The molecule has 0 saturated heterocycles. The molecule has 0 aromatic heterocycles. The highest BCUT2D eigenvalue weighted by atomic mass is 35.5. The summed E-state index contributed by atoms with van der Waals surface area (Å²) >= 11 is 6.14. The number of halogens is 1. The van der Waals surface area contributed by atoms with Gasteiger partial charge in [-0.25, -0.2) is 9.59 Å². The fourth-order valence-electron chi connectivity index (χ4n) is 3.70. The van der Waals surface area contributed by atoms with E-state index in [0.717, 1.165) is 11.3 Å². The summed E-state index contributed by atoms with van der Waals surface area (Å²) in [5.41, 5.74) is 2.84. The van der Waals surface area contributed by atoms with Crippen molar-refractivity contribution < 1.29 is 24.2 Å². The van der Waals surface area contributed by atoms with E-state index >= 15 is 0 Å². The lowest BCUT2D eigenvalue weighted by atomic mass is 9.80. The summed E-state index contributed by atoms with van der Waals surface area (Å²) in [6.07, 6.45) is 3.53. The lowest BCUT2D eigenvalue weighted by molar-refractivity contribution is -0.138. The van der Waals surface area contributed by atoms with Gasteiger partial charge in [0.2, 0.25) is 0 Å². The summed E-state index contributed by atoms with van der Waals surface area (Å²) in [5.74, 6) is -1.79. The van der Waals surface area contributed by atoms with Crippen LogP contribution < -0.4 is 10.1 Å². The number of dihydropyridines is 1. The van der Waals surface area contributed by atoms with Gasteiger partial charge in [0.1, 0.15) is 12.4 Å². The van der Waals surface area contributed by atoms with E-state index in [4.69, 9.17) is 21.1 Å². The Morgan fingerprint density at radius 2 is 1.81 bits per heavy atom. The number of carbonyl (C=O) groups excluding carboxylic acids is 1. The molecule has 2 aromatic carbocycles. The Hall–Kier alpha value is -3.51. The molecule has 0 aliphatic carbocycles. The predicted octanol–water partition coefficient (Wildman–Crippen LogP) is 4.92. The smallest absolute Gasteiger partial charge is 0.337 e. The Balaban J connectivity index is 1.84. The average molecular weight is 454 g/mol. The first-order chi connectivity index (χ1) is 15.3. The second kappa shape index (κ2) is 10.2. The number of allylic oxidation sites excluding steroid dienone is 2. The van der Waals surface area contributed by atoms with Crippen molar-refractivity contribution in [3.63, 3.8) is 0 Å². The number of hydrogen-bond donors (Lipinski definition) is 2. The van der Waals surface area contributed by atoms with Gasteiger partial charge < -0.3 is 19.9 Å². The number of aliphatic carboxylic acids is 1. The zero-order valence-electron chi connectivity index (χ0n) is 18.0. The average Bonchev–Trinajstić information content (AvgIpc) is 2.76. The third-order valence-electron chi connectivity index (χ3n) is 5.11. The van der Waals surface area contributed by atoms with Crippen LogP contribution in [0.3, 0.4) is 0 Å². The van der Waals surface area contributed by atoms with Gasteiger partial charge in [0.25, 0.3) is 0 Å². The molecule has 2 N–H and O–H groups in total. The molecule has 0 bridgehead atoms. The maximum atomic E-state index is 13.0. The molecule has 3 rings (SSSR count). The van der Waals surface area contributed by atoms with E-state index in [1.54, 1.807) is 51.3 Å². The van der Waals surface area contributed by atoms with Gasteiger partial charge in [0.15, 0.2) is 0 Å². The van der Waals surface area contributed by atoms with Crippen LogP contribution in [0.15, 0.2) is 77.1 Å². The van der Waals surface area contributed by atoms with Crippen molar-refractivity contribution in [2.24, 2.45) is 0 Å². The largest absolute Gasteiger partial charge is 0.497 e. The minimum absolute atomic E-state index is 0.0280. The Morgan fingerprint density at radius 1 is 1.09 bits per heavy atom. The van der Waals surface area contributed by atoms with Gasteiger partial charge in [-0.15, -0.1) is 0 Å². The number of rotatable bonds is 7. The lowest BCUT2D eigenvalue weighted by Crippen LogP contribution is -2.31. The molecule has 7 heteroatoms. The van der Waals surface area contributed by atoms with Crippen LogP contribution in [0.2, 0.25) is 5.02 Å². The van der Waals surface area contributed by atoms with Crippen LogP contribution in [-0.4, -0.2) is 30.8 Å². The summed E-state index contributed by atoms with van der Waals surface area (Å²) < 4.78 is 10.7. The van der Waals surface area contributed by atoms with E-state index in [1.807, 2.05) is 30.3 Å². The zero-order valence-corrected chi connectivity index (χ0v) is 18.8. The highest BCUT2D eigenvalue weighted by Crippen LogP contribution is 2.39. The Labute approximate surface area is 191 Å². The second-order valence-corrected chi connectivity index (χ2v) is 7.71. The first kappa shape index (κ1) is 23.2. The Kier molecular flexibility index (Phi) is 7.38. The van der Waals surface area contributed by atoms with Crippen LogP contribution in [0, 0.1) is 0 Å². The van der Waals surface area contributed by atoms with E-state index < -0.39 is 17.9 Å². The lowest BCUT2D eigenvalue weighted by Gasteiger charge is -2.29. The van der Waals surface area contributed by atoms with E-state index in [0.29, 0.717) is 22.0 Å². The van der Waals surface area contributed by atoms with Gasteiger partial charge in [0, 0.05) is 16.4 Å². The number of hydrogen-bond acceptors (Lipinski definition) is 5. The minimum atomic E-state index is -1.12. The predicted molar refractivity (Wildman–Crippen MR) is 123 cm³/mol. The van der Waals surface area contributed by atoms with Gasteiger partial charge in [0.05, 0.1) is 24.2 Å². The molecule has 0 spiro atoms. The highest BCUT2D eigenvalue weighted by Gasteiger charge is 2.37. The topological polar surface area (TPSA) is 84.9 Å². The van der Waals surface area contributed by atoms with Crippen molar-refractivity contribution in [2.75, 3.05) is 13.7 Å². The van der Waals surface area contributed by atoms with Crippen LogP contribution in [-0.2, 0) is 14.3 Å². The fraction of sp³-hybridized carbons (Fsp3) is 0.200. The third-order valence-corrected chi connectivity index (χ3v) is 5.34. The molecule has 1 heterocycles. The monoisotopic (exact) mass is 453 g/mol. The molecule has 0 radical (unpaired) electrons. The first-order valence-corrected chi connectivity index (χ1v) is 10.3. The molecule has 166 valence electrons. The number of methoxy groups -OCH3 is 1. The van der Waals surface area contributed by atoms with Gasteiger partial charge in [-0.3, -0.25) is 0 Å². The molecule has 0 amide bonds. The number of carboxylic acids is 1. The standard InChI is InChI=1S/C25H24ClNO5/c1-15-21(24(28)29)23(18-9-5-10-19(26)14-18)22(16(2)27-15)25(30)32-12-6-8-17-7-4-11-20(13-17)31-3/h4-11,13-14,23,27H,12H2,1-3H3,(H,28,29). The number of ether oxygens (including phenoxy) is 2. The Bertz CT molecular complexity index is 1130. The molecular weight excluding hydrogens is 430 g/mol. The quantitative estimate of drug-likeness (QED) is 0.578. The summed E-state index contributed by atoms with van der Waals surface area (Å²) in [4.78, 5) is 25.1. The van der Waals surface area contributed by atoms with Crippen LogP contribution >= 0.6 is 11.6 Å². The maximum Gasteiger partial charge on any atom is 0.337 e. The van der Waals surface area contributed by atoms with Crippen molar-refractivity contribution in [3.05, 3.63) is 93.3 Å². The number of benzene rings is 2. The van der Waals surface area contributed by atoms with Crippen LogP contribution in [0.4, 0.5) is 0 Å². The number of esters is 1. The molecule has 1 unspecified atom stereocenters. The molecule has 0 fully saturated rings. The van der Waals surface area contributed by atoms with Crippen LogP contribution in [0.25, 0.3) is 6.08 Å². The molecule has 2 aromatic rings. The highest BCUT2D eigenvalue weighted by molar-refractivity contribution is 6.30. The van der Waals surface area contributed by atoms with Crippen molar-refractivity contribution in [1.29, 1.82) is 0 Å². The molecule has 1 aliphatic rings. The van der Waals surface area contributed by atoms with Crippen molar-refractivity contribution in [3.8, 4) is 5.75 Å². The van der Waals surface area contributed by atoms with E-state index in [2.05, 4.69) is 5.32 Å². The molecule has 1 aliphatic heterocycles. The number of carbonyl (C=O) groups is 2. The Morgan fingerprint density at radius 3 is 2.50 bits per heavy atom. The van der Waals surface area contributed by atoms with Crippen molar-refractivity contribution in [2.45, 2.75) is 19.8 Å². The molecule has 6 nitrogen and oxygen atoms in total. The summed E-state index contributed by atoms with van der Waals surface area (Å²) in [7, 11) is 1.59. The van der Waals surface area contributed by atoms with Gasteiger partial charge in [-0.1, -0.05) is 41.9 Å². The number of nitrogens with one attached hydrogen (secondary N) is 1. The molecule has 32 heavy (non-hydrogen) atoms. The summed E-state index contributed by atoms with van der Waals surface area (Å²) in [5, 5.41) is 13.3. The minimum Gasteiger partial charge on any atom is -0.497 e.